The van der Waals surface area contributed by atoms with Gasteiger partial charge in [-0.25, -0.2) is 0 Å². The third-order valence-electron chi connectivity index (χ3n) is 3.50. The van der Waals surface area contributed by atoms with Gasteiger partial charge in [-0.15, -0.1) is 0 Å². The predicted molar refractivity (Wildman–Crippen MR) is 89.0 cm³/mol. The molecule has 2 aromatic carbocycles. The summed E-state index contributed by atoms with van der Waals surface area (Å²) in [5, 5.41) is 4.04. The molecule has 0 aliphatic heterocycles. The van der Waals surface area contributed by atoms with Gasteiger partial charge in [0.25, 0.3) is 11.8 Å². The van der Waals surface area contributed by atoms with Crippen LogP contribution in [0.3, 0.4) is 0 Å². The Morgan fingerprint density at radius 2 is 1.89 bits per heavy atom. The summed E-state index contributed by atoms with van der Waals surface area (Å²) in [5.74, 6) is -0.397. The Balaban J connectivity index is 1.74. The van der Waals surface area contributed by atoms with Gasteiger partial charge in [-0.05, 0) is 30.3 Å². The lowest BCUT2D eigenvalue weighted by molar-refractivity contribution is -0.137. The number of carbonyl (C=O) groups is 1. The number of alkyl halides is 3. The molecular formula is C17H11ClF3N3O3. The summed E-state index contributed by atoms with van der Waals surface area (Å²) in [7, 11) is 0. The van der Waals surface area contributed by atoms with Crippen LogP contribution in [-0.2, 0) is 12.8 Å². The van der Waals surface area contributed by atoms with Gasteiger partial charge in [0.05, 0.1) is 11.1 Å². The quantitative estimate of drug-likeness (QED) is 0.700. The molecule has 27 heavy (non-hydrogen) atoms. The number of hydrogen-bond acceptors (Lipinski definition) is 5. The molecule has 0 atom stereocenters. The largest absolute Gasteiger partial charge is 0.483 e. The molecule has 140 valence electrons. The zero-order chi connectivity index (χ0) is 19.6. The highest BCUT2D eigenvalue weighted by atomic mass is 35.5. The lowest BCUT2D eigenvalue weighted by Gasteiger charge is -2.07. The number of halogens is 4. The lowest BCUT2D eigenvalue weighted by Crippen LogP contribution is -2.13. The maximum atomic E-state index is 12.6. The molecule has 0 fully saturated rings. The molecule has 0 radical (unpaired) electrons. The Hall–Kier alpha value is -3.07. The van der Waals surface area contributed by atoms with Crippen LogP contribution in [-0.4, -0.2) is 16.0 Å². The van der Waals surface area contributed by atoms with Crippen LogP contribution in [0.5, 0.6) is 5.75 Å². The fourth-order valence-electron chi connectivity index (χ4n) is 2.20. The van der Waals surface area contributed by atoms with Gasteiger partial charge < -0.3 is 15.0 Å². The van der Waals surface area contributed by atoms with Gasteiger partial charge >= 0.3 is 6.18 Å². The van der Waals surface area contributed by atoms with E-state index < -0.39 is 17.6 Å². The molecule has 6 nitrogen and oxygen atoms in total. The Kier molecular flexibility index (Phi) is 5.04. The Morgan fingerprint density at radius 3 is 2.52 bits per heavy atom. The monoisotopic (exact) mass is 397 g/mol. The summed E-state index contributed by atoms with van der Waals surface area (Å²) in [6.45, 7) is -0.186. The molecular weight excluding hydrogens is 387 g/mol. The molecule has 1 aromatic heterocycles. The minimum Gasteiger partial charge on any atom is -0.483 e. The molecule has 3 rings (SSSR count). The molecule has 0 saturated carbocycles. The van der Waals surface area contributed by atoms with Crippen molar-refractivity contribution in [2.45, 2.75) is 12.8 Å². The number of aromatic nitrogens is 2. The van der Waals surface area contributed by atoms with Crippen LogP contribution in [0.1, 0.15) is 21.8 Å². The van der Waals surface area contributed by atoms with E-state index in [0.29, 0.717) is 10.6 Å². The van der Waals surface area contributed by atoms with Crippen LogP contribution in [0, 0.1) is 0 Å². The molecule has 3 aromatic rings. The van der Waals surface area contributed by atoms with Crippen molar-refractivity contribution in [3.8, 4) is 17.1 Å². The second-order valence-electron chi connectivity index (χ2n) is 5.38. The van der Waals surface area contributed by atoms with Crippen molar-refractivity contribution in [3.05, 3.63) is 64.5 Å². The molecule has 0 aliphatic rings. The smallest absolute Gasteiger partial charge is 0.416 e. The second-order valence-corrected chi connectivity index (χ2v) is 5.82. The summed E-state index contributed by atoms with van der Waals surface area (Å²) in [5.41, 5.74) is 4.96. The second kappa shape index (κ2) is 7.28. The number of primary amides is 1. The molecule has 0 aliphatic carbocycles. The standard InChI is InChI=1S/C17H11ClF3N3O3/c18-11-5-6-12(15(22)25)13(7-11)26-8-14-23-16(24-27-14)9-1-3-10(4-2-9)17(19,20)21/h1-7H,8H2,(H2,22,25). The van der Waals surface area contributed by atoms with Crippen molar-refractivity contribution in [2.24, 2.45) is 5.73 Å². The topological polar surface area (TPSA) is 91.2 Å². The highest BCUT2D eigenvalue weighted by molar-refractivity contribution is 6.30. The fourth-order valence-corrected chi connectivity index (χ4v) is 2.36. The van der Waals surface area contributed by atoms with E-state index in [2.05, 4.69) is 10.1 Å². The summed E-state index contributed by atoms with van der Waals surface area (Å²) in [6.07, 6.45) is -4.43. The molecule has 0 spiro atoms. The van der Waals surface area contributed by atoms with E-state index in [1.165, 1.54) is 30.3 Å². The van der Waals surface area contributed by atoms with Crippen LogP contribution in [0.4, 0.5) is 13.2 Å². The third-order valence-corrected chi connectivity index (χ3v) is 3.73. The predicted octanol–water partition coefficient (Wildman–Crippen LogP) is 4.09. The number of nitrogens with zero attached hydrogens (tertiary/aromatic N) is 2. The maximum absolute atomic E-state index is 12.6. The number of carbonyl (C=O) groups excluding carboxylic acids is 1. The first kappa shape index (κ1) is 18.7. The summed E-state index contributed by atoms with van der Waals surface area (Å²) in [6, 6.07) is 8.64. The minimum absolute atomic E-state index is 0.0558. The van der Waals surface area contributed by atoms with Crippen molar-refractivity contribution in [2.75, 3.05) is 0 Å². The molecule has 2 N–H and O–H groups in total. The number of hydrogen-bond donors (Lipinski definition) is 1. The van der Waals surface area contributed by atoms with E-state index in [9.17, 15) is 18.0 Å². The summed E-state index contributed by atoms with van der Waals surface area (Å²) in [4.78, 5) is 15.5. The van der Waals surface area contributed by atoms with Crippen LogP contribution in [0.15, 0.2) is 47.0 Å². The lowest BCUT2D eigenvalue weighted by atomic mass is 10.1. The van der Waals surface area contributed by atoms with Gasteiger partial charge in [0, 0.05) is 10.6 Å². The van der Waals surface area contributed by atoms with Crippen molar-refractivity contribution in [1.82, 2.24) is 10.1 Å². The number of nitrogens with two attached hydrogens (primary N) is 1. The Labute approximate surface area is 155 Å². The van der Waals surface area contributed by atoms with Crippen molar-refractivity contribution in [1.29, 1.82) is 0 Å². The van der Waals surface area contributed by atoms with E-state index in [-0.39, 0.29) is 29.6 Å². The third kappa shape index (κ3) is 4.37. The fraction of sp³-hybridized carbons (Fsp3) is 0.118. The van der Waals surface area contributed by atoms with Gasteiger partial charge in [-0.2, -0.15) is 18.2 Å². The Morgan fingerprint density at radius 1 is 1.19 bits per heavy atom. The van der Waals surface area contributed by atoms with Gasteiger partial charge in [0.15, 0.2) is 6.61 Å². The van der Waals surface area contributed by atoms with Crippen molar-refractivity contribution >= 4 is 17.5 Å². The molecule has 1 heterocycles. The molecule has 0 bridgehead atoms. The Bertz CT molecular complexity index is 972. The minimum atomic E-state index is -4.43. The normalized spacial score (nSPS) is 11.4. The number of benzene rings is 2. The van der Waals surface area contributed by atoms with Crippen LogP contribution in [0.2, 0.25) is 5.02 Å². The van der Waals surface area contributed by atoms with Crippen molar-refractivity contribution < 1.29 is 27.2 Å². The summed E-state index contributed by atoms with van der Waals surface area (Å²) < 4.78 is 48.3. The zero-order valence-corrected chi connectivity index (χ0v) is 14.2. The number of amides is 1. The average molecular weight is 398 g/mol. The van der Waals surface area contributed by atoms with E-state index in [1.54, 1.807) is 0 Å². The van der Waals surface area contributed by atoms with Gasteiger partial charge in [-0.3, -0.25) is 4.79 Å². The summed E-state index contributed by atoms with van der Waals surface area (Å²) >= 11 is 5.87. The van der Waals surface area contributed by atoms with E-state index in [4.69, 9.17) is 26.6 Å². The van der Waals surface area contributed by atoms with Crippen LogP contribution < -0.4 is 10.5 Å². The van der Waals surface area contributed by atoms with Gasteiger partial charge in [0.2, 0.25) is 5.82 Å². The molecule has 0 saturated heterocycles. The SMILES string of the molecule is NC(=O)c1ccc(Cl)cc1OCc1nc(-c2ccc(C(F)(F)F)cc2)no1. The highest BCUT2D eigenvalue weighted by Crippen LogP contribution is 2.30. The molecule has 1 amide bonds. The van der Waals surface area contributed by atoms with E-state index in [1.807, 2.05) is 0 Å². The highest BCUT2D eigenvalue weighted by Gasteiger charge is 2.30. The van der Waals surface area contributed by atoms with Gasteiger partial charge in [0.1, 0.15) is 5.75 Å². The van der Waals surface area contributed by atoms with Crippen LogP contribution in [0.25, 0.3) is 11.4 Å². The molecule has 10 heteroatoms. The van der Waals surface area contributed by atoms with E-state index in [0.717, 1.165) is 12.1 Å². The first-order chi connectivity index (χ1) is 12.7. The average Bonchev–Trinajstić information content (AvgIpc) is 3.08. The van der Waals surface area contributed by atoms with E-state index >= 15 is 0 Å². The number of rotatable bonds is 5. The van der Waals surface area contributed by atoms with Crippen molar-refractivity contribution in [3.63, 3.8) is 0 Å². The zero-order valence-electron chi connectivity index (χ0n) is 13.5. The van der Waals surface area contributed by atoms with Gasteiger partial charge in [-0.1, -0.05) is 28.9 Å². The van der Waals surface area contributed by atoms with Crippen LogP contribution >= 0.6 is 11.6 Å². The maximum Gasteiger partial charge on any atom is 0.416 e. The first-order valence-corrected chi connectivity index (χ1v) is 7.84. The molecule has 0 unspecified atom stereocenters. The first-order valence-electron chi connectivity index (χ1n) is 7.46. The number of ether oxygens (including phenoxy) is 1.